The lowest BCUT2D eigenvalue weighted by atomic mass is 9.91. The first-order chi connectivity index (χ1) is 12.4. The van der Waals surface area contributed by atoms with E-state index in [0.29, 0.717) is 64.5 Å². The highest BCUT2D eigenvalue weighted by Gasteiger charge is 2.39. The maximum absolute atomic E-state index is 12.8. The molecule has 0 aromatic carbocycles. The van der Waals surface area contributed by atoms with Crippen LogP contribution in [0.3, 0.4) is 0 Å². The number of ether oxygens (including phenoxy) is 2. The number of amides is 1. The average Bonchev–Trinajstić information content (AvgIpc) is 3.13. The first-order valence-corrected chi connectivity index (χ1v) is 11.4. The Morgan fingerprint density at radius 3 is 2.31 bits per heavy atom. The van der Waals surface area contributed by atoms with Crippen LogP contribution >= 0.6 is 0 Å². The number of rotatable bonds is 5. The summed E-state index contributed by atoms with van der Waals surface area (Å²) in [7, 11) is -3.25. The molecule has 0 spiro atoms. The van der Waals surface area contributed by atoms with Crippen molar-refractivity contribution in [2.24, 2.45) is 11.8 Å². The second kappa shape index (κ2) is 8.54. The van der Waals surface area contributed by atoms with Crippen molar-refractivity contribution in [2.75, 3.05) is 32.9 Å². The fraction of sp³-hybridized carbons (Fsp3) is 0.944. The summed E-state index contributed by atoms with van der Waals surface area (Å²) in [5.41, 5.74) is 0. The average molecular weight is 389 g/mol. The van der Waals surface area contributed by atoms with Crippen LogP contribution in [0.15, 0.2) is 0 Å². The van der Waals surface area contributed by atoms with Gasteiger partial charge in [-0.3, -0.25) is 4.79 Å². The van der Waals surface area contributed by atoms with Crippen molar-refractivity contribution in [3.05, 3.63) is 0 Å². The van der Waals surface area contributed by atoms with Crippen LogP contribution in [-0.4, -0.2) is 68.9 Å². The topological polar surface area (TPSA) is 84.9 Å². The third-order valence-electron chi connectivity index (χ3n) is 5.88. The van der Waals surface area contributed by atoms with Gasteiger partial charge in [0.25, 0.3) is 0 Å². The Morgan fingerprint density at radius 1 is 1.04 bits per heavy atom. The summed E-state index contributed by atoms with van der Waals surface area (Å²) in [5, 5.41) is 2.82. The summed E-state index contributed by atoms with van der Waals surface area (Å²) < 4.78 is 38.1. The molecule has 0 bridgehead atoms. The number of hydrogen-bond acceptors (Lipinski definition) is 5. The summed E-state index contributed by atoms with van der Waals surface area (Å²) in [4.78, 5) is 12.6. The van der Waals surface area contributed by atoms with Crippen molar-refractivity contribution in [2.45, 2.75) is 63.3 Å². The van der Waals surface area contributed by atoms with Crippen molar-refractivity contribution < 1.29 is 22.7 Å². The molecule has 0 radical (unpaired) electrons. The molecular weight excluding hydrogens is 356 g/mol. The number of piperidine rings is 1. The van der Waals surface area contributed by atoms with Gasteiger partial charge in [-0.05, 0) is 38.0 Å². The number of sulfonamides is 1. The number of nitrogens with one attached hydrogen (secondary N) is 1. The maximum Gasteiger partial charge on any atom is 0.226 e. The van der Waals surface area contributed by atoms with Crippen LogP contribution in [0.2, 0.25) is 0 Å². The molecule has 26 heavy (non-hydrogen) atoms. The number of nitrogens with zero attached hydrogens (tertiary/aromatic N) is 1. The van der Waals surface area contributed by atoms with E-state index in [4.69, 9.17) is 9.47 Å². The lowest BCUT2D eigenvalue weighted by Gasteiger charge is -2.35. The Labute approximate surface area is 156 Å². The van der Waals surface area contributed by atoms with Gasteiger partial charge in [-0.25, -0.2) is 12.7 Å². The van der Waals surface area contributed by atoms with Gasteiger partial charge in [-0.15, -0.1) is 0 Å². The molecule has 2 unspecified atom stereocenters. The summed E-state index contributed by atoms with van der Waals surface area (Å²) in [5.74, 6) is 0.297. The van der Waals surface area contributed by atoms with E-state index in [1.54, 1.807) is 4.31 Å². The van der Waals surface area contributed by atoms with E-state index < -0.39 is 10.0 Å². The molecule has 3 aliphatic rings. The minimum atomic E-state index is -3.25. The predicted molar refractivity (Wildman–Crippen MR) is 98.2 cm³/mol. The molecule has 1 N–H and O–H groups in total. The van der Waals surface area contributed by atoms with Gasteiger partial charge in [-0.1, -0.05) is 13.8 Å². The molecule has 0 aliphatic carbocycles. The minimum Gasteiger partial charge on any atom is -0.381 e. The lowest BCUT2D eigenvalue weighted by molar-refractivity contribution is -0.128. The second-order valence-electron chi connectivity index (χ2n) is 8.01. The van der Waals surface area contributed by atoms with Gasteiger partial charge in [0.15, 0.2) is 0 Å². The van der Waals surface area contributed by atoms with Crippen LogP contribution in [0.1, 0.15) is 46.0 Å². The molecule has 8 heteroatoms. The smallest absolute Gasteiger partial charge is 0.226 e. The number of carbonyl (C=O) groups excluding carboxylic acids is 1. The normalized spacial score (nSPS) is 30.0. The maximum atomic E-state index is 12.8. The molecule has 3 heterocycles. The standard InChI is InChI=1S/C18H32N2O5S/c1-13(2)17-16(7-12-25-17)18(21)19-14-3-8-20(9-4-14)26(22,23)15-5-10-24-11-6-15/h13-17H,3-12H2,1-2H3,(H,19,21). The molecule has 0 aromatic rings. The van der Waals surface area contributed by atoms with Crippen LogP contribution in [0, 0.1) is 11.8 Å². The third kappa shape index (κ3) is 4.40. The van der Waals surface area contributed by atoms with E-state index in [1.165, 1.54) is 0 Å². The molecule has 150 valence electrons. The lowest BCUT2D eigenvalue weighted by Crippen LogP contribution is -2.51. The fourth-order valence-electron chi connectivity index (χ4n) is 4.30. The quantitative estimate of drug-likeness (QED) is 0.763. The molecule has 0 aromatic heterocycles. The molecule has 2 atom stereocenters. The molecule has 3 rings (SSSR count). The highest BCUT2D eigenvalue weighted by atomic mass is 32.2. The van der Waals surface area contributed by atoms with Gasteiger partial charge in [0.05, 0.1) is 17.3 Å². The highest BCUT2D eigenvalue weighted by molar-refractivity contribution is 7.89. The molecular formula is C18H32N2O5S. The molecule has 3 aliphatic heterocycles. The monoisotopic (exact) mass is 388 g/mol. The van der Waals surface area contributed by atoms with Crippen molar-refractivity contribution in [1.29, 1.82) is 0 Å². The van der Waals surface area contributed by atoms with Gasteiger partial charge >= 0.3 is 0 Å². The van der Waals surface area contributed by atoms with E-state index in [0.717, 1.165) is 6.42 Å². The van der Waals surface area contributed by atoms with Crippen LogP contribution in [0.4, 0.5) is 0 Å². The zero-order valence-electron chi connectivity index (χ0n) is 15.9. The molecule has 3 fully saturated rings. The fourth-order valence-corrected chi connectivity index (χ4v) is 6.23. The van der Waals surface area contributed by atoms with Crippen LogP contribution < -0.4 is 5.32 Å². The van der Waals surface area contributed by atoms with Crippen LogP contribution in [0.25, 0.3) is 0 Å². The third-order valence-corrected chi connectivity index (χ3v) is 8.28. The minimum absolute atomic E-state index is 0.0102. The number of carbonyl (C=O) groups is 1. The van der Waals surface area contributed by atoms with Crippen molar-refractivity contribution >= 4 is 15.9 Å². The Bertz CT molecular complexity index is 580. The van der Waals surface area contributed by atoms with Gasteiger partial charge in [-0.2, -0.15) is 0 Å². The SMILES string of the molecule is CC(C)C1OCCC1C(=O)NC1CCN(S(=O)(=O)C2CCOCC2)CC1. The summed E-state index contributed by atoms with van der Waals surface area (Å²) >= 11 is 0. The Kier molecular flexibility index (Phi) is 6.59. The number of hydrogen-bond donors (Lipinski definition) is 1. The van der Waals surface area contributed by atoms with E-state index in [2.05, 4.69) is 19.2 Å². The predicted octanol–water partition coefficient (Wildman–Crippen LogP) is 1.14. The molecule has 1 amide bonds. The molecule has 0 saturated carbocycles. The van der Waals surface area contributed by atoms with Gasteiger partial charge in [0, 0.05) is 39.0 Å². The highest BCUT2D eigenvalue weighted by Crippen LogP contribution is 2.28. The van der Waals surface area contributed by atoms with Gasteiger partial charge in [0.1, 0.15) is 0 Å². The van der Waals surface area contributed by atoms with Gasteiger partial charge < -0.3 is 14.8 Å². The van der Waals surface area contributed by atoms with Crippen LogP contribution in [0.5, 0.6) is 0 Å². The second-order valence-corrected chi connectivity index (χ2v) is 10.2. The Balaban J connectivity index is 1.50. The van der Waals surface area contributed by atoms with E-state index in [9.17, 15) is 13.2 Å². The summed E-state index contributed by atoms with van der Waals surface area (Å²) in [6.45, 7) is 6.82. The van der Waals surface area contributed by atoms with Crippen molar-refractivity contribution in [3.63, 3.8) is 0 Å². The van der Waals surface area contributed by atoms with E-state index in [-0.39, 0.29) is 29.2 Å². The zero-order chi connectivity index (χ0) is 18.7. The largest absolute Gasteiger partial charge is 0.381 e. The summed E-state index contributed by atoms with van der Waals surface area (Å²) in [6.07, 6.45) is 3.27. The van der Waals surface area contributed by atoms with Gasteiger partial charge in [0.2, 0.25) is 15.9 Å². The Hall–Kier alpha value is -0.700. The van der Waals surface area contributed by atoms with Crippen molar-refractivity contribution in [1.82, 2.24) is 9.62 Å². The van der Waals surface area contributed by atoms with Crippen LogP contribution in [-0.2, 0) is 24.3 Å². The van der Waals surface area contributed by atoms with Crippen molar-refractivity contribution in [3.8, 4) is 0 Å². The first kappa shape index (κ1) is 20.0. The molecule has 7 nitrogen and oxygen atoms in total. The summed E-state index contributed by atoms with van der Waals surface area (Å²) in [6, 6.07) is 0.0528. The Morgan fingerprint density at radius 2 is 1.69 bits per heavy atom. The van der Waals surface area contributed by atoms with E-state index in [1.807, 2.05) is 0 Å². The zero-order valence-corrected chi connectivity index (χ0v) is 16.7. The first-order valence-electron chi connectivity index (χ1n) is 9.88. The van der Waals surface area contributed by atoms with E-state index >= 15 is 0 Å². The molecule has 3 saturated heterocycles.